The normalized spacial score (nSPS) is 14.3. The van der Waals surface area contributed by atoms with Crippen molar-refractivity contribution in [2.75, 3.05) is 10.6 Å². The van der Waals surface area contributed by atoms with Crippen molar-refractivity contribution in [2.24, 2.45) is 0 Å². The summed E-state index contributed by atoms with van der Waals surface area (Å²) in [7, 11) is 0. The minimum Gasteiger partial charge on any atom is -0.324 e. The van der Waals surface area contributed by atoms with Gasteiger partial charge in [0.25, 0.3) is 11.9 Å². The number of hydrogen-bond donors (Lipinski definition) is 2. The number of carbonyl (C=O) groups is 1. The first kappa shape index (κ1) is 23.3. The standard InChI is InChI=1S/C27H25N5O.ClH/c1-17-4-10-20(11-5-17)23-16-24(21-12-6-18(2)7-13-21)32-27(28-23)30-26(31-32)29-25(33)22-14-8-19(3)9-15-22;/h4-16,24H,1-3H3,(H2,28,29,30,31,33);1H. The fourth-order valence-electron chi connectivity index (χ4n) is 3.83. The second kappa shape index (κ2) is 9.53. The van der Waals surface area contributed by atoms with Crippen molar-refractivity contribution < 1.29 is 4.79 Å². The number of amides is 1. The Kier molecular flexibility index (Phi) is 6.52. The summed E-state index contributed by atoms with van der Waals surface area (Å²) in [4.78, 5) is 17.3. The highest BCUT2D eigenvalue weighted by molar-refractivity contribution is 6.03. The quantitative estimate of drug-likeness (QED) is 0.386. The molecular weight excluding hydrogens is 446 g/mol. The first-order valence-corrected chi connectivity index (χ1v) is 10.9. The van der Waals surface area contributed by atoms with E-state index in [0.29, 0.717) is 11.5 Å². The van der Waals surface area contributed by atoms with Gasteiger partial charge in [-0.25, -0.2) is 4.68 Å². The summed E-state index contributed by atoms with van der Waals surface area (Å²) >= 11 is 0. The molecule has 1 unspecified atom stereocenters. The number of allylic oxidation sites excluding steroid dienone is 1. The van der Waals surface area contributed by atoms with Crippen LogP contribution in [0.2, 0.25) is 0 Å². The summed E-state index contributed by atoms with van der Waals surface area (Å²) < 4.78 is 1.81. The van der Waals surface area contributed by atoms with E-state index >= 15 is 0 Å². The lowest BCUT2D eigenvalue weighted by Crippen LogP contribution is -2.20. The Labute approximate surface area is 205 Å². The maximum absolute atomic E-state index is 12.7. The number of halogens is 1. The molecule has 6 nitrogen and oxygen atoms in total. The number of aromatic nitrogens is 3. The molecule has 1 aromatic heterocycles. The molecule has 1 aliphatic rings. The number of benzene rings is 3. The van der Waals surface area contributed by atoms with E-state index in [4.69, 9.17) is 0 Å². The molecule has 0 saturated carbocycles. The first-order valence-electron chi connectivity index (χ1n) is 10.9. The van der Waals surface area contributed by atoms with Gasteiger partial charge in [-0.1, -0.05) is 77.4 Å². The van der Waals surface area contributed by atoms with Crippen molar-refractivity contribution >= 4 is 35.9 Å². The number of nitrogens with zero attached hydrogens (tertiary/aromatic N) is 3. The Bertz CT molecular complexity index is 1340. The SMILES string of the molecule is Cc1ccc(C(=O)Nc2nc3n(n2)C(c2ccc(C)cc2)C=C(c2ccc(C)cc2)N3)cc1.Cl. The average molecular weight is 472 g/mol. The number of hydrogen-bond acceptors (Lipinski definition) is 4. The molecule has 1 aliphatic heterocycles. The van der Waals surface area contributed by atoms with Crippen LogP contribution in [0.4, 0.5) is 11.9 Å². The van der Waals surface area contributed by atoms with Crippen LogP contribution >= 0.6 is 12.4 Å². The Balaban J connectivity index is 0.00000274. The second-order valence-corrected chi connectivity index (χ2v) is 8.45. The molecule has 0 radical (unpaired) electrons. The molecule has 0 fully saturated rings. The van der Waals surface area contributed by atoms with E-state index in [1.165, 1.54) is 11.1 Å². The molecule has 5 rings (SSSR count). The van der Waals surface area contributed by atoms with Crippen molar-refractivity contribution in [2.45, 2.75) is 26.8 Å². The lowest BCUT2D eigenvalue weighted by atomic mass is 10.0. The van der Waals surface area contributed by atoms with Crippen LogP contribution < -0.4 is 10.6 Å². The van der Waals surface area contributed by atoms with E-state index in [0.717, 1.165) is 22.4 Å². The molecule has 1 amide bonds. The smallest absolute Gasteiger partial charge is 0.258 e. The van der Waals surface area contributed by atoms with Crippen LogP contribution in [0.25, 0.3) is 5.70 Å². The fraction of sp³-hybridized carbons (Fsp3) is 0.148. The third kappa shape index (κ3) is 4.72. The Morgan fingerprint density at radius 3 is 2.03 bits per heavy atom. The summed E-state index contributed by atoms with van der Waals surface area (Å²) in [5, 5.41) is 10.8. The van der Waals surface area contributed by atoms with Crippen LogP contribution in [-0.4, -0.2) is 20.7 Å². The largest absolute Gasteiger partial charge is 0.324 e. The van der Waals surface area contributed by atoms with Crippen LogP contribution in [0.15, 0.2) is 78.9 Å². The lowest BCUT2D eigenvalue weighted by molar-refractivity contribution is 0.102. The van der Waals surface area contributed by atoms with Gasteiger partial charge in [0.2, 0.25) is 5.95 Å². The van der Waals surface area contributed by atoms with E-state index in [9.17, 15) is 4.79 Å². The Morgan fingerprint density at radius 2 is 1.41 bits per heavy atom. The fourth-order valence-corrected chi connectivity index (χ4v) is 3.83. The summed E-state index contributed by atoms with van der Waals surface area (Å²) in [5.41, 5.74) is 7.18. The lowest BCUT2D eigenvalue weighted by Gasteiger charge is -2.24. The monoisotopic (exact) mass is 471 g/mol. The van der Waals surface area contributed by atoms with Gasteiger partial charge in [0.15, 0.2) is 0 Å². The summed E-state index contributed by atoms with van der Waals surface area (Å²) in [6.45, 7) is 6.13. The molecule has 0 saturated heterocycles. The molecule has 0 bridgehead atoms. The highest BCUT2D eigenvalue weighted by atomic mass is 35.5. The highest BCUT2D eigenvalue weighted by Crippen LogP contribution is 2.33. The number of rotatable bonds is 4. The first-order chi connectivity index (χ1) is 16.0. The molecule has 2 heterocycles. The summed E-state index contributed by atoms with van der Waals surface area (Å²) in [6, 6.07) is 24.0. The minimum atomic E-state index is -0.239. The third-order valence-electron chi connectivity index (χ3n) is 5.79. The number of anilines is 2. The average Bonchev–Trinajstić information content (AvgIpc) is 3.22. The molecule has 7 heteroatoms. The van der Waals surface area contributed by atoms with Crippen LogP contribution in [-0.2, 0) is 0 Å². The summed E-state index contributed by atoms with van der Waals surface area (Å²) in [6.07, 6.45) is 2.14. The van der Waals surface area contributed by atoms with Gasteiger partial charge in [-0.3, -0.25) is 10.1 Å². The van der Waals surface area contributed by atoms with Crippen molar-refractivity contribution in [1.29, 1.82) is 0 Å². The molecule has 2 N–H and O–H groups in total. The second-order valence-electron chi connectivity index (χ2n) is 8.45. The predicted molar refractivity (Wildman–Crippen MR) is 138 cm³/mol. The van der Waals surface area contributed by atoms with Crippen LogP contribution in [0, 0.1) is 20.8 Å². The van der Waals surface area contributed by atoms with E-state index < -0.39 is 0 Å². The maximum atomic E-state index is 12.7. The number of fused-ring (bicyclic) bond motifs is 1. The van der Waals surface area contributed by atoms with Gasteiger partial charge in [-0.15, -0.1) is 17.5 Å². The predicted octanol–water partition coefficient (Wildman–Crippen LogP) is 5.93. The van der Waals surface area contributed by atoms with Crippen LogP contribution in [0.5, 0.6) is 0 Å². The van der Waals surface area contributed by atoms with Gasteiger partial charge in [0.05, 0.1) is 0 Å². The minimum absolute atomic E-state index is 0. The van der Waals surface area contributed by atoms with Crippen molar-refractivity contribution in [1.82, 2.24) is 14.8 Å². The van der Waals surface area contributed by atoms with Crippen molar-refractivity contribution in [3.05, 3.63) is 112 Å². The molecule has 4 aromatic rings. The molecule has 1 atom stereocenters. The molecule has 0 aliphatic carbocycles. The van der Waals surface area contributed by atoms with E-state index in [1.54, 1.807) is 12.1 Å². The third-order valence-corrected chi connectivity index (χ3v) is 5.79. The molecular formula is C27H26ClN5O. The Morgan fingerprint density at radius 1 is 0.853 bits per heavy atom. The zero-order valence-corrected chi connectivity index (χ0v) is 20.1. The van der Waals surface area contributed by atoms with Crippen molar-refractivity contribution in [3.63, 3.8) is 0 Å². The van der Waals surface area contributed by atoms with E-state index in [2.05, 4.69) is 89.2 Å². The number of carbonyl (C=O) groups excluding carboxylic acids is 1. The molecule has 0 spiro atoms. The number of nitrogens with one attached hydrogen (secondary N) is 2. The maximum Gasteiger partial charge on any atom is 0.258 e. The van der Waals surface area contributed by atoms with Gasteiger partial charge < -0.3 is 5.32 Å². The van der Waals surface area contributed by atoms with Crippen LogP contribution in [0.3, 0.4) is 0 Å². The molecule has 34 heavy (non-hydrogen) atoms. The van der Waals surface area contributed by atoms with Gasteiger partial charge >= 0.3 is 0 Å². The van der Waals surface area contributed by atoms with E-state index in [1.807, 2.05) is 23.7 Å². The zero-order valence-electron chi connectivity index (χ0n) is 19.2. The Hall–Kier alpha value is -3.90. The molecule has 3 aromatic carbocycles. The van der Waals surface area contributed by atoms with Gasteiger partial charge in [0.1, 0.15) is 6.04 Å². The number of aryl methyl sites for hydroxylation is 3. The van der Waals surface area contributed by atoms with Gasteiger partial charge in [0, 0.05) is 11.3 Å². The van der Waals surface area contributed by atoms with Gasteiger partial charge in [-0.05, 0) is 50.1 Å². The topological polar surface area (TPSA) is 71.8 Å². The highest BCUT2D eigenvalue weighted by Gasteiger charge is 2.26. The molecule has 172 valence electrons. The van der Waals surface area contributed by atoms with E-state index in [-0.39, 0.29) is 30.3 Å². The summed E-state index contributed by atoms with van der Waals surface area (Å²) in [5.74, 6) is 0.605. The van der Waals surface area contributed by atoms with Gasteiger partial charge in [-0.2, -0.15) is 4.98 Å². The zero-order chi connectivity index (χ0) is 22.9. The van der Waals surface area contributed by atoms with Crippen LogP contribution in [0.1, 0.15) is 44.2 Å². The van der Waals surface area contributed by atoms with Crippen molar-refractivity contribution in [3.8, 4) is 0 Å².